The van der Waals surface area contributed by atoms with E-state index in [0.717, 1.165) is 84.1 Å². The zero-order valence-electron chi connectivity index (χ0n) is 33.8. The first-order valence-electron chi connectivity index (χ1n) is 21.4. The summed E-state index contributed by atoms with van der Waals surface area (Å²) in [7, 11) is 0. The molecule has 316 valence electrons. The number of benzene rings is 2. The molecule has 1 unspecified atom stereocenters. The number of likely N-dealkylation sites (tertiary alicyclic amines) is 1. The first-order chi connectivity index (χ1) is 29.1. The zero-order valence-corrected chi connectivity index (χ0v) is 33.8. The van der Waals surface area contributed by atoms with E-state index in [-0.39, 0.29) is 53.3 Å². The highest BCUT2D eigenvalue weighted by molar-refractivity contribution is 6.01. The van der Waals surface area contributed by atoms with E-state index in [0.29, 0.717) is 53.3 Å². The number of aromatic nitrogens is 3. The Hall–Kier alpha value is -5.70. The minimum atomic E-state index is -0.552. The molecule has 1 aliphatic carbocycles. The molecule has 4 fully saturated rings. The molecule has 3 amide bonds. The van der Waals surface area contributed by atoms with Crippen LogP contribution in [0.15, 0.2) is 77.9 Å². The van der Waals surface area contributed by atoms with Crippen LogP contribution in [0.5, 0.6) is 0 Å². The molecular weight excluding hydrogens is 769 g/mol. The van der Waals surface area contributed by atoms with Crippen LogP contribution in [0.4, 0.5) is 26.1 Å². The van der Waals surface area contributed by atoms with Gasteiger partial charge in [0.05, 0.1) is 11.9 Å². The number of piperidine rings is 3. The molecule has 4 aromatic rings. The molecule has 15 heteroatoms. The summed E-state index contributed by atoms with van der Waals surface area (Å²) in [6.45, 7) is 4.56. The van der Waals surface area contributed by atoms with E-state index in [1.54, 1.807) is 54.7 Å². The van der Waals surface area contributed by atoms with Gasteiger partial charge in [-0.05, 0) is 119 Å². The van der Waals surface area contributed by atoms with Gasteiger partial charge in [-0.1, -0.05) is 18.2 Å². The van der Waals surface area contributed by atoms with Gasteiger partial charge in [0.15, 0.2) is 5.82 Å². The molecule has 3 saturated heterocycles. The standard InChI is InChI=1S/C45H53F2N9O4/c46-36-26-34(49-38-12-14-40(57)52-44(38)60)11-13-39(36)55-22-17-30(18-23-55)28-54-20-15-29(16-21-54)24-41(58)50-32-7-9-33(10-8-32)51-45-48-27-37(47)43(53-45)31-4-3-5-35(25-31)56-19-2-1-6-42(56)59/h1-6,11,13,19,25-27,29-30,32-33,38,49H,7-10,12,14-18,20-24,28H2,(H,50,58)(H,48,51,53)(H,52,57,60). The number of carbonyl (C=O) groups is 3. The summed E-state index contributed by atoms with van der Waals surface area (Å²) in [6.07, 6.45) is 11.3. The van der Waals surface area contributed by atoms with Crippen molar-refractivity contribution in [3.63, 3.8) is 0 Å². The summed E-state index contributed by atoms with van der Waals surface area (Å²) in [5, 5.41) is 12.0. The quantitative estimate of drug-likeness (QED) is 0.132. The van der Waals surface area contributed by atoms with Gasteiger partial charge in [-0.25, -0.2) is 18.7 Å². The van der Waals surface area contributed by atoms with Gasteiger partial charge in [0.25, 0.3) is 5.56 Å². The van der Waals surface area contributed by atoms with Gasteiger partial charge in [-0.15, -0.1) is 0 Å². The zero-order chi connectivity index (χ0) is 41.6. The number of rotatable bonds is 12. The maximum atomic E-state index is 15.2. The van der Waals surface area contributed by atoms with Gasteiger partial charge in [-0.2, -0.15) is 0 Å². The van der Waals surface area contributed by atoms with Gasteiger partial charge < -0.3 is 25.8 Å². The lowest BCUT2D eigenvalue weighted by atomic mass is 9.89. The van der Waals surface area contributed by atoms with Crippen molar-refractivity contribution in [1.82, 2.24) is 30.1 Å². The van der Waals surface area contributed by atoms with Crippen LogP contribution in [-0.4, -0.2) is 88.0 Å². The van der Waals surface area contributed by atoms with E-state index in [2.05, 4.69) is 41.0 Å². The van der Waals surface area contributed by atoms with Gasteiger partial charge in [0, 0.05) is 73.8 Å². The Morgan fingerprint density at radius 2 is 1.55 bits per heavy atom. The van der Waals surface area contributed by atoms with Gasteiger partial charge >= 0.3 is 0 Å². The number of amides is 3. The number of anilines is 3. The molecule has 2 aromatic carbocycles. The average molecular weight is 822 g/mol. The number of carbonyl (C=O) groups excluding carboxylic acids is 3. The Kier molecular flexibility index (Phi) is 12.8. The fourth-order valence-corrected chi connectivity index (χ4v) is 9.18. The molecule has 0 spiro atoms. The lowest BCUT2D eigenvalue weighted by Crippen LogP contribution is -2.47. The van der Waals surface area contributed by atoms with Crippen molar-refractivity contribution in [3.05, 3.63) is 95.0 Å². The molecule has 1 saturated carbocycles. The Labute approximate surface area is 348 Å². The lowest BCUT2D eigenvalue weighted by Gasteiger charge is -2.38. The highest BCUT2D eigenvalue weighted by Gasteiger charge is 2.30. The summed E-state index contributed by atoms with van der Waals surface area (Å²) in [5.41, 5.74) is 2.24. The Bertz CT molecular complexity index is 2230. The first kappa shape index (κ1) is 41.1. The maximum Gasteiger partial charge on any atom is 0.255 e. The van der Waals surface area contributed by atoms with Crippen molar-refractivity contribution >= 4 is 35.0 Å². The van der Waals surface area contributed by atoms with Crippen LogP contribution in [0.3, 0.4) is 0 Å². The van der Waals surface area contributed by atoms with Crippen LogP contribution in [0.25, 0.3) is 16.9 Å². The van der Waals surface area contributed by atoms with Crippen LogP contribution < -0.4 is 31.7 Å². The van der Waals surface area contributed by atoms with Crippen LogP contribution in [-0.2, 0) is 14.4 Å². The van der Waals surface area contributed by atoms with E-state index in [1.165, 1.54) is 22.9 Å². The third-order valence-corrected chi connectivity index (χ3v) is 12.6. The number of pyridine rings is 1. The van der Waals surface area contributed by atoms with E-state index in [9.17, 15) is 23.6 Å². The minimum absolute atomic E-state index is 0.103. The molecule has 1 atom stereocenters. The van der Waals surface area contributed by atoms with Crippen molar-refractivity contribution in [2.45, 2.75) is 88.8 Å². The molecule has 2 aromatic heterocycles. The van der Waals surface area contributed by atoms with E-state index >= 15 is 4.39 Å². The smallest absolute Gasteiger partial charge is 0.255 e. The van der Waals surface area contributed by atoms with E-state index in [1.807, 2.05) is 0 Å². The van der Waals surface area contributed by atoms with Crippen molar-refractivity contribution in [3.8, 4) is 16.9 Å². The van der Waals surface area contributed by atoms with Crippen molar-refractivity contribution in [2.75, 3.05) is 48.3 Å². The second kappa shape index (κ2) is 18.7. The fourth-order valence-electron chi connectivity index (χ4n) is 9.18. The molecule has 4 aliphatic rings. The van der Waals surface area contributed by atoms with Crippen molar-refractivity contribution in [2.24, 2.45) is 11.8 Å². The number of nitrogens with zero attached hydrogens (tertiary/aromatic N) is 5. The summed E-state index contributed by atoms with van der Waals surface area (Å²) < 4.78 is 31.6. The van der Waals surface area contributed by atoms with Crippen LogP contribution in [0, 0.1) is 23.5 Å². The van der Waals surface area contributed by atoms with Crippen LogP contribution in [0.1, 0.15) is 70.6 Å². The molecule has 5 heterocycles. The predicted molar refractivity (Wildman–Crippen MR) is 226 cm³/mol. The second-order valence-corrected chi connectivity index (χ2v) is 16.8. The maximum absolute atomic E-state index is 15.2. The average Bonchev–Trinajstić information content (AvgIpc) is 3.25. The first-order valence-corrected chi connectivity index (χ1v) is 21.4. The summed E-state index contributed by atoms with van der Waals surface area (Å²) in [5.74, 6) is -0.146. The van der Waals surface area contributed by atoms with Crippen LogP contribution >= 0.6 is 0 Å². The molecular formula is C45H53F2N9O4. The highest BCUT2D eigenvalue weighted by atomic mass is 19.1. The third kappa shape index (κ3) is 10.2. The van der Waals surface area contributed by atoms with Crippen molar-refractivity contribution < 1.29 is 23.2 Å². The normalized spacial score (nSPS) is 22.0. The molecule has 0 bridgehead atoms. The summed E-state index contributed by atoms with van der Waals surface area (Å²) in [6, 6.07) is 16.7. The third-order valence-electron chi connectivity index (χ3n) is 12.6. The predicted octanol–water partition coefficient (Wildman–Crippen LogP) is 5.65. The summed E-state index contributed by atoms with van der Waals surface area (Å²) in [4.78, 5) is 62.3. The molecule has 0 radical (unpaired) electrons. The Balaban J connectivity index is 0.726. The fraction of sp³-hybridized carbons (Fsp3) is 0.467. The van der Waals surface area contributed by atoms with Gasteiger partial charge in [0.2, 0.25) is 23.7 Å². The number of nitrogens with one attached hydrogen (secondary N) is 4. The second-order valence-electron chi connectivity index (χ2n) is 16.8. The molecule has 3 aliphatic heterocycles. The molecule has 8 rings (SSSR count). The molecule has 4 N–H and O–H groups in total. The van der Waals surface area contributed by atoms with Crippen LogP contribution in [0.2, 0.25) is 0 Å². The number of imide groups is 1. The number of hydrogen-bond donors (Lipinski definition) is 4. The highest BCUT2D eigenvalue weighted by Crippen LogP contribution is 2.31. The summed E-state index contributed by atoms with van der Waals surface area (Å²) >= 11 is 0. The van der Waals surface area contributed by atoms with E-state index in [4.69, 9.17) is 0 Å². The molecule has 13 nitrogen and oxygen atoms in total. The van der Waals surface area contributed by atoms with Gasteiger partial charge in [-0.3, -0.25) is 29.1 Å². The van der Waals surface area contributed by atoms with Crippen molar-refractivity contribution in [1.29, 1.82) is 0 Å². The Morgan fingerprint density at radius 1 is 0.783 bits per heavy atom. The van der Waals surface area contributed by atoms with Gasteiger partial charge in [0.1, 0.15) is 17.6 Å². The topological polar surface area (TPSA) is 154 Å². The van der Waals surface area contributed by atoms with E-state index < -0.39 is 11.9 Å². The molecule has 60 heavy (non-hydrogen) atoms. The monoisotopic (exact) mass is 821 g/mol. The largest absolute Gasteiger partial charge is 0.374 e. The minimum Gasteiger partial charge on any atom is -0.374 e. The Morgan fingerprint density at radius 3 is 2.30 bits per heavy atom. The number of halogens is 2. The SMILES string of the molecule is O=C1CCC(Nc2ccc(N3CCC(CN4CCC(CC(=O)NC5CCC(Nc6ncc(F)c(-c7cccc(-n8ccccc8=O)c7)n6)CC5)CC4)CC3)c(F)c2)C(=O)N1. The lowest BCUT2D eigenvalue weighted by molar-refractivity contribution is -0.133. The number of hydrogen-bond acceptors (Lipinski definition) is 10.